The molecule has 1 aromatic carbocycles. The number of hydrogen-bond acceptors (Lipinski definition) is 6. The van der Waals surface area contributed by atoms with Crippen LogP contribution in [0.25, 0.3) is 0 Å². The quantitative estimate of drug-likeness (QED) is 0.588. The molecule has 0 bridgehead atoms. The van der Waals surface area contributed by atoms with Gasteiger partial charge in [-0.3, -0.25) is 5.43 Å². The molecular weight excluding hydrogens is 264 g/mol. The molecule has 6 nitrogen and oxygen atoms in total. The molecule has 4 N–H and O–H groups in total. The van der Waals surface area contributed by atoms with E-state index in [4.69, 9.17) is 17.4 Å². The predicted octanol–water partition coefficient (Wildman–Crippen LogP) is 2.23. The van der Waals surface area contributed by atoms with Crippen LogP contribution in [-0.2, 0) is 0 Å². The van der Waals surface area contributed by atoms with Crippen LogP contribution in [0.15, 0.2) is 30.5 Å². The van der Waals surface area contributed by atoms with Crippen molar-refractivity contribution in [3.05, 3.63) is 35.5 Å². The Morgan fingerprint density at radius 2 is 1.89 bits per heavy atom. The van der Waals surface area contributed by atoms with E-state index >= 15 is 0 Å². The molecule has 1 heterocycles. The van der Waals surface area contributed by atoms with E-state index in [2.05, 4.69) is 20.7 Å². The van der Waals surface area contributed by atoms with Gasteiger partial charge >= 0.3 is 0 Å². The third-order valence-corrected chi connectivity index (χ3v) is 2.80. The summed E-state index contributed by atoms with van der Waals surface area (Å²) < 4.78 is 0. The number of aromatic nitrogens is 2. The number of hydrogen-bond donors (Lipinski definition) is 3. The molecule has 2 aromatic rings. The van der Waals surface area contributed by atoms with E-state index in [0.29, 0.717) is 16.8 Å². The van der Waals surface area contributed by atoms with Gasteiger partial charge in [0.25, 0.3) is 0 Å². The monoisotopic (exact) mass is 278 g/mol. The first-order chi connectivity index (χ1) is 9.10. The van der Waals surface area contributed by atoms with Crippen LogP contribution in [0.5, 0.6) is 0 Å². The Morgan fingerprint density at radius 1 is 1.21 bits per heavy atom. The summed E-state index contributed by atoms with van der Waals surface area (Å²) in [5.41, 5.74) is 4.37. The molecule has 0 saturated carbocycles. The van der Waals surface area contributed by atoms with Crippen molar-refractivity contribution in [2.45, 2.75) is 0 Å². The highest BCUT2D eigenvalue weighted by molar-refractivity contribution is 6.32. The number of halogens is 1. The summed E-state index contributed by atoms with van der Waals surface area (Å²) in [7, 11) is 3.98. The Bertz CT molecular complexity index is 555. The minimum absolute atomic E-state index is 0.303. The third-order valence-electron chi connectivity index (χ3n) is 2.52. The Kier molecular flexibility index (Phi) is 4.03. The lowest BCUT2D eigenvalue weighted by atomic mass is 10.2. The molecule has 0 fully saturated rings. The molecule has 1 aromatic heterocycles. The zero-order valence-electron chi connectivity index (χ0n) is 10.7. The van der Waals surface area contributed by atoms with Crippen molar-refractivity contribution in [3.63, 3.8) is 0 Å². The Balaban J connectivity index is 2.20. The van der Waals surface area contributed by atoms with Crippen LogP contribution in [0.2, 0.25) is 5.02 Å². The molecule has 0 aliphatic heterocycles. The number of hydrazine groups is 1. The van der Waals surface area contributed by atoms with Crippen LogP contribution < -0.4 is 21.5 Å². The van der Waals surface area contributed by atoms with E-state index in [0.717, 1.165) is 11.4 Å². The summed E-state index contributed by atoms with van der Waals surface area (Å²) in [4.78, 5) is 10.1. The standard InChI is InChI=1S/C12H15ClN6/c1-19(2)9-5-3-8(4-6-9)16-11-10(13)7-15-12(17-11)18-14/h3-7H,14H2,1-2H3,(H2,15,16,17,18). The first-order valence-corrected chi connectivity index (χ1v) is 6.01. The highest BCUT2D eigenvalue weighted by Gasteiger charge is 2.05. The maximum Gasteiger partial charge on any atom is 0.239 e. The fourth-order valence-corrected chi connectivity index (χ4v) is 1.64. The Labute approximate surface area is 116 Å². The van der Waals surface area contributed by atoms with Crippen molar-refractivity contribution < 1.29 is 0 Å². The maximum absolute atomic E-state index is 6.02. The van der Waals surface area contributed by atoms with Gasteiger partial charge < -0.3 is 10.2 Å². The summed E-state index contributed by atoms with van der Waals surface area (Å²) in [6.45, 7) is 0. The highest BCUT2D eigenvalue weighted by atomic mass is 35.5. The first kappa shape index (κ1) is 13.4. The molecule has 19 heavy (non-hydrogen) atoms. The minimum atomic E-state index is 0.303. The molecule has 0 saturated heterocycles. The molecule has 7 heteroatoms. The lowest BCUT2D eigenvalue weighted by Crippen LogP contribution is -2.11. The Morgan fingerprint density at radius 3 is 2.47 bits per heavy atom. The second-order valence-electron chi connectivity index (χ2n) is 4.10. The summed E-state index contributed by atoms with van der Waals surface area (Å²) in [6.07, 6.45) is 1.49. The second-order valence-corrected chi connectivity index (χ2v) is 4.51. The van der Waals surface area contributed by atoms with Gasteiger partial charge in [-0.1, -0.05) is 11.6 Å². The van der Waals surface area contributed by atoms with Crippen LogP contribution in [0.1, 0.15) is 0 Å². The van der Waals surface area contributed by atoms with Crippen LogP contribution in [0, 0.1) is 0 Å². The topological polar surface area (TPSA) is 79.1 Å². The number of nitrogens with zero attached hydrogens (tertiary/aromatic N) is 3. The number of anilines is 4. The molecule has 0 amide bonds. The van der Waals surface area contributed by atoms with Gasteiger partial charge in [0.1, 0.15) is 5.02 Å². The number of nitrogens with one attached hydrogen (secondary N) is 2. The van der Waals surface area contributed by atoms with Gasteiger partial charge in [0.2, 0.25) is 5.95 Å². The van der Waals surface area contributed by atoms with Crippen LogP contribution in [-0.4, -0.2) is 24.1 Å². The fraction of sp³-hybridized carbons (Fsp3) is 0.167. The van der Waals surface area contributed by atoms with Gasteiger partial charge in [-0.2, -0.15) is 4.98 Å². The number of nitrogens with two attached hydrogens (primary N) is 1. The van der Waals surface area contributed by atoms with E-state index in [1.54, 1.807) is 0 Å². The van der Waals surface area contributed by atoms with Crippen LogP contribution >= 0.6 is 11.6 Å². The average molecular weight is 279 g/mol. The van der Waals surface area contributed by atoms with E-state index in [-0.39, 0.29) is 0 Å². The molecule has 100 valence electrons. The number of nitrogen functional groups attached to an aromatic ring is 1. The van der Waals surface area contributed by atoms with Crippen LogP contribution in [0.4, 0.5) is 23.1 Å². The van der Waals surface area contributed by atoms with Crippen molar-refractivity contribution in [1.82, 2.24) is 9.97 Å². The van der Waals surface area contributed by atoms with Crippen molar-refractivity contribution in [1.29, 1.82) is 0 Å². The zero-order valence-corrected chi connectivity index (χ0v) is 11.4. The second kappa shape index (κ2) is 5.73. The van der Waals surface area contributed by atoms with Gasteiger partial charge in [-0.05, 0) is 24.3 Å². The molecular formula is C12H15ClN6. The SMILES string of the molecule is CN(C)c1ccc(Nc2nc(NN)ncc2Cl)cc1. The van der Waals surface area contributed by atoms with Crippen LogP contribution in [0.3, 0.4) is 0 Å². The molecule has 2 rings (SSSR count). The normalized spacial score (nSPS) is 10.1. The first-order valence-electron chi connectivity index (χ1n) is 5.63. The molecule has 0 unspecified atom stereocenters. The lowest BCUT2D eigenvalue weighted by molar-refractivity contribution is 1.12. The molecule has 0 aliphatic rings. The molecule has 0 atom stereocenters. The molecule has 0 radical (unpaired) electrons. The van der Waals surface area contributed by atoms with Gasteiger partial charge in [-0.15, -0.1) is 0 Å². The van der Waals surface area contributed by atoms with E-state index in [9.17, 15) is 0 Å². The molecule has 0 spiro atoms. The van der Waals surface area contributed by atoms with Crippen molar-refractivity contribution >= 4 is 34.7 Å². The highest BCUT2D eigenvalue weighted by Crippen LogP contribution is 2.24. The van der Waals surface area contributed by atoms with Crippen molar-refractivity contribution in [2.24, 2.45) is 5.84 Å². The van der Waals surface area contributed by atoms with E-state index < -0.39 is 0 Å². The van der Waals surface area contributed by atoms with Gasteiger partial charge in [0.05, 0.1) is 6.20 Å². The summed E-state index contributed by atoms with van der Waals surface area (Å²) in [5, 5.41) is 3.54. The Hall–Kier alpha value is -2.05. The average Bonchev–Trinajstić information content (AvgIpc) is 2.42. The summed E-state index contributed by atoms with van der Waals surface area (Å²) in [6, 6.07) is 7.89. The largest absolute Gasteiger partial charge is 0.378 e. The predicted molar refractivity (Wildman–Crippen MR) is 78.9 cm³/mol. The van der Waals surface area contributed by atoms with Crippen molar-refractivity contribution in [3.8, 4) is 0 Å². The number of benzene rings is 1. The van der Waals surface area contributed by atoms with Gasteiger partial charge in [0.15, 0.2) is 5.82 Å². The van der Waals surface area contributed by atoms with Crippen molar-refractivity contribution in [2.75, 3.05) is 29.7 Å². The molecule has 0 aliphatic carbocycles. The van der Waals surface area contributed by atoms with E-state index in [1.165, 1.54) is 6.20 Å². The van der Waals surface area contributed by atoms with E-state index in [1.807, 2.05) is 43.3 Å². The maximum atomic E-state index is 6.02. The van der Waals surface area contributed by atoms with Gasteiger partial charge in [-0.25, -0.2) is 10.8 Å². The lowest BCUT2D eigenvalue weighted by Gasteiger charge is -2.13. The fourth-order valence-electron chi connectivity index (χ4n) is 1.50. The third kappa shape index (κ3) is 3.24. The smallest absolute Gasteiger partial charge is 0.239 e. The number of rotatable bonds is 4. The summed E-state index contributed by atoms with van der Waals surface area (Å²) in [5.74, 6) is 6.07. The van der Waals surface area contributed by atoms with Gasteiger partial charge in [0, 0.05) is 25.5 Å². The zero-order chi connectivity index (χ0) is 13.8. The minimum Gasteiger partial charge on any atom is -0.378 e. The summed E-state index contributed by atoms with van der Waals surface area (Å²) >= 11 is 6.02.